The minimum absolute atomic E-state index is 0.0375. The second-order valence-corrected chi connectivity index (χ2v) is 5.05. The molecule has 0 atom stereocenters. The molecule has 0 aliphatic rings. The fraction of sp³-hybridized carbons (Fsp3) is 0.625. The van der Waals surface area contributed by atoms with Gasteiger partial charge in [-0.15, -0.1) is 0 Å². The van der Waals surface area contributed by atoms with E-state index < -0.39 is 0 Å². The molecule has 1 rings (SSSR count). The smallest absolute Gasteiger partial charge is 0.251 e. The van der Waals surface area contributed by atoms with Crippen molar-refractivity contribution in [3.8, 4) is 0 Å². The molecule has 0 saturated carbocycles. The third kappa shape index (κ3) is 6.58. The molecule has 0 saturated heterocycles. The summed E-state index contributed by atoms with van der Waals surface area (Å²) < 4.78 is 0. The second-order valence-electron chi connectivity index (χ2n) is 5.05. The predicted molar refractivity (Wildman–Crippen MR) is 87.8 cm³/mol. The van der Waals surface area contributed by atoms with Crippen LogP contribution in [0.2, 0.25) is 0 Å². The molecule has 1 heterocycles. The van der Waals surface area contributed by atoms with Gasteiger partial charge in [0.2, 0.25) is 0 Å². The Kier molecular flexibility index (Phi) is 8.43. The number of aromatic nitrogens is 1. The summed E-state index contributed by atoms with van der Waals surface area (Å²) in [6, 6.07) is 3.55. The zero-order valence-electron chi connectivity index (χ0n) is 13.5. The number of anilines is 1. The highest BCUT2D eigenvalue weighted by Gasteiger charge is 2.07. The summed E-state index contributed by atoms with van der Waals surface area (Å²) in [7, 11) is 0. The molecule has 5 nitrogen and oxygen atoms in total. The van der Waals surface area contributed by atoms with Crippen LogP contribution in [0.15, 0.2) is 18.3 Å². The Morgan fingerprint density at radius 2 is 2.00 bits per heavy atom. The molecule has 1 aromatic heterocycles. The number of nitrogens with zero attached hydrogens (tertiary/aromatic N) is 2. The maximum Gasteiger partial charge on any atom is 0.251 e. The van der Waals surface area contributed by atoms with E-state index >= 15 is 0 Å². The maximum atomic E-state index is 12.1. The van der Waals surface area contributed by atoms with Crippen LogP contribution in [0, 0.1) is 0 Å². The van der Waals surface area contributed by atoms with Crippen molar-refractivity contribution in [2.75, 3.05) is 38.0 Å². The van der Waals surface area contributed by atoms with Gasteiger partial charge in [-0.05, 0) is 38.1 Å². The maximum absolute atomic E-state index is 12.1. The van der Waals surface area contributed by atoms with Gasteiger partial charge in [-0.3, -0.25) is 4.79 Å². The molecule has 0 bridgehead atoms. The van der Waals surface area contributed by atoms with Crippen molar-refractivity contribution >= 4 is 11.7 Å². The third-order valence-corrected chi connectivity index (χ3v) is 3.28. The highest BCUT2D eigenvalue weighted by atomic mass is 16.1. The van der Waals surface area contributed by atoms with Gasteiger partial charge in [-0.2, -0.15) is 0 Å². The van der Waals surface area contributed by atoms with Crippen molar-refractivity contribution in [2.24, 2.45) is 0 Å². The van der Waals surface area contributed by atoms with Crippen molar-refractivity contribution in [1.29, 1.82) is 0 Å². The zero-order chi connectivity index (χ0) is 15.5. The highest BCUT2D eigenvalue weighted by molar-refractivity contribution is 5.94. The molecule has 0 fully saturated rings. The summed E-state index contributed by atoms with van der Waals surface area (Å²) in [6.07, 6.45) is 3.84. The van der Waals surface area contributed by atoms with Crippen LogP contribution in [0.1, 0.15) is 44.0 Å². The van der Waals surface area contributed by atoms with Crippen LogP contribution < -0.4 is 10.6 Å². The van der Waals surface area contributed by atoms with E-state index in [0.717, 1.165) is 44.8 Å². The van der Waals surface area contributed by atoms with Gasteiger partial charge in [0.05, 0.1) is 0 Å². The fourth-order valence-electron chi connectivity index (χ4n) is 2.10. The van der Waals surface area contributed by atoms with E-state index in [-0.39, 0.29) is 5.91 Å². The summed E-state index contributed by atoms with van der Waals surface area (Å²) in [6.45, 7) is 10.9. The Morgan fingerprint density at radius 1 is 1.19 bits per heavy atom. The lowest BCUT2D eigenvalue weighted by atomic mass is 10.2. The molecule has 0 spiro atoms. The minimum Gasteiger partial charge on any atom is -0.370 e. The predicted octanol–water partition coefficient (Wildman–Crippen LogP) is 2.37. The number of amides is 1. The number of likely N-dealkylation sites (N-methyl/N-ethyl adjacent to an activating group) is 1. The van der Waals surface area contributed by atoms with Gasteiger partial charge < -0.3 is 15.5 Å². The Hall–Kier alpha value is -1.62. The minimum atomic E-state index is -0.0375. The zero-order valence-corrected chi connectivity index (χ0v) is 13.5. The van der Waals surface area contributed by atoms with E-state index in [1.165, 1.54) is 0 Å². The Bertz CT molecular complexity index is 422. The van der Waals surface area contributed by atoms with Gasteiger partial charge in [-0.25, -0.2) is 4.98 Å². The van der Waals surface area contributed by atoms with Crippen LogP contribution in [-0.2, 0) is 0 Å². The van der Waals surface area contributed by atoms with Gasteiger partial charge in [0, 0.05) is 31.4 Å². The summed E-state index contributed by atoms with van der Waals surface area (Å²) >= 11 is 0. The molecule has 0 unspecified atom stereocenters. The number of hydrogen-bond acceptors (Lipinski definition) is 4. The monoisotopic (exact) mass is 292 g/mol. The van der Waals surface area contributed by atoms with Crippen LogP contribution >= 0.6 is 0 Å². The number of pyridine rings is 1. The van der Waals surface area contributed by atoms with Crippen LogP contribution in [0.3, 0.4) is 0 Å². The molecule has 1 amide bonds. The Labute approximate surface area is 128 Å². The average molecular weight is 292 g/mol. The number of hydrogen-bond donors (Lipinski definition) is 2. The number of rotatable bonds is 10. The van der Waals surface area contributed by atoms with E-state index in [2.05, 4.69) is 41.3 Å². The SMILES string of the molecule is CCCNc1cc(C(=O)NCCN(CC)CCC)ccn1. The topological polar surface area (TPSA) is 57.3 Å². The first-order valence-electron chi connectivity index (χ1n) is 7.91. The summed E-state index contributed by atoms with van der Waals surface area (Å²) in [5.74, 6) is 0.718. The van der Waals surface area contributed by atoms with E-state index in [1.807, 2.05) is 0 Å². The first-order valence-corrected chi connectivity index (χ1v) is 7.91. The molecular formula is C16H28N4O. The fourth-order valence-corrected chi connectivity index (χ4v) is 2.10. The van der Waals surface area contributed by atoms with Gasteiger partial charge in [0.15, 0.2) is 0 Å². The van der Waals surface area contributed by atoms with E-state index in [0.29, 0.717) is 12.1 Å². The van der Waals surface area contributed by atoms with Crippen LogP contribution in [0.4, 0.5) is 5.82 Å². The lowest BCUT2D eigenvalue weighted by Gasteiger charge is -2.19. The normalized spacial score (nSPS) is 10.7. The summed E-state index contributed by atoms with van der Waals surface area (Å²) in [5.41, 5.74) is 0.655. The molecular weight excluding hydrogens is 264 g/mol. The molecule has 2 N–H and O–H groups in total. The number of carbonyl (C=O) groups is 1. The summed E-state index contributed by atoms with van der Waals surface area (Å²) in [4.78, 5) is 18.7. The molecule has 0 radical (unpaired) electrons. The van der Waals surface area contributed by atoms with Gasteiger partial charge in [-0.1, -0.05) is 20.8 Å². The van der Waals surface area contributed by atoms with E-state index in [1.54, 1.807) is 18.3 Å². The van der Waals surface area contributed by atoms with Crippen molar-refractivity contribution in [3.63, 3.8) is 0 Å². The third-order valence-electron chi connectivity index (χ3n) is 3.28. The molecule has 0 aromatic carbocycles. The molecule has 0 aliphatic heterocycles. The van der Waals surface area contributed by atoms with Crippen LogP contribution in [-0.4, -0.2) is 48.5 Å². The Morgan fingerprint density at radius 3 is 2.67 bits per heavy atom. The van der Waals surface area contributed by atoms with Crippen LogP contribution in [0.5, 0.6) is 0 Å². The number of nitrogens with one attached hydrogen (secondary N) is 2. The van der Waals surface area contributed by atoms with Gasteiger partial charge >= 0.3 is 0 Å². The molecule has 1 aromatic rings. The standard InChI is InChI=1S/C16H28N4O/c1-4-8-17-15-13-14(7-9-18-15)16(21)19-10-12-20(6-3)11-5-2/h7,9,13H,4-6,8,10-12H2,1-3H3,(H,17,18)(H,19,21). The lowest BCUT2D eigenvalue weighted by molar-refractivity contribution is 0.0948. The quantitative estimate of drug-likeness (QED) is 0.695. The van der Waals surface area contributed by atoms with Crippen molar-refractivity contribution in [1.82, 2.24) is 15.2 Å². The first kappa shape index (κ1) is 17.4. The van der Waals surface area contributed by atoms with Gasteiger partial charge in [0.25, 0.3) is 5.91 Å². The molecule has 21 heavy (non-hydrogen) atoms. The molecule has 118 valence electrons. The van der Waals surface area contributed by atoms with E-state index in [4.69, 9.17) is 0 Å². The second kappa shape index (κ2) is 10.2. The largest absolute Gasteiger partial charge is 0.370 e. The number of carbonyl (C=O) groups excluding carboxylic acids is 1. The summed E-state index contributed by atoms with van der Waals surface area (Å²) in [5, 5.41) is 6.16. The van der Waals surface area contributed by atoms with Crippen molar-refractivity contribution in [3.05, 3.63) is 23.9 Å². The van der Waals surface area contributed by atoms with Crippen molar-refractivity contribution < 1.29 is 4.79 Å². The highest BCUT2D eigenvalue weighted by Crippen LogP contribution is 2.06. The van der Waals surface area contributed by atoms with Crippen LogP contribution in [0.25, 0.3) is 0 Å². The van der Waals surface area contributed by atoms with Gasteiger partial charge in [0.1, 0.15) is 5.82 Å². The molecule has 0 aliphatic carbocycles. The Balaban J connectivity index is 2.44. The average Bonchev–Trinajstić information content (AvgIpc) is 2.52. The molecule has 5 heteroatoms. The first-order chi connectivity index (χ1) is 10.2. The lowest BCUT2D eigenvalue weighted by Crippen LogP contribution is -2.35. The van der Waals surface area contributed by atoms with Crippen molar-refractivity contribution in [2.45, 2.75) is 33.6 Å². The van der Waals surface area contributed by atoms with E-state index in [9.17, 15) is 4.79 Å².